The van der Waals surface area contributed by atoms with Gasteiger partial charge in [-0.15, -0.1) is 0 Å². The highest BCUT2D eigenvalue weighted by Gasteiger charge is 2.16. The summed E-state index contributed by atoms with van der Waals surface area (Å²) in [7, 11) is 1.69. The lowest BCUT2D eigenvalue weighted by atomic mass is 10.1. The van der Waals surface area contributed by atoms with Crippen molar-refractivity contribution in [3.05, 3.63) is 35.6 Å². The lowest BCUT2D eigenvalue weighted by Gasteiger charge is -2.20. The molecule has 0 fully saturated rings. The van der Waals surface area contributed by atoms with E-state index in [-0.39, 0.29) is 5.54 Å². The Hall–Kier alpha value is -1.32. The van der Waals surface area contributed by atoms with Crippen molar-refractivity contribution in [2.24, 2.45) is 0 Å². The van der Waals surface area contributed by atoms with Gasteiger partial charge in [-0.05, 0) is 26.8 Å². The largest absolute Gasteiger partial charge is 0.458 e. The van der Waals surface area contributed by atoms with Crippen LogP contribution in [0, 0.1) is 0 Å². The van der Waals surface area contributed by atoms with E-state index in [1.807, 2.05) is 18.2 Å². The normalized spacial score (nSPS) is 12.2. The number of nitrogens with one attached hydrogen (secondary N) is 1. The van der Waals surface area contributed by atoms with Crippen molar-refractivity contribution in [2.45, 2.75) is 39.5 Å². The van der Waals surface area contributed by atoms with Crippen molar-refractivity contribution in [2.75, 3.05) is 7.11 Å². The number of para-hydroxylation sites is 1. The number of furan rings is 1. The highest BCUT2D eigenvalue weighted by Crippen LogP contribution is 2.26. The van der Waals surface area contributed by atoms with Crippen LogP contribution in [-0.4, -0.2) is 12.6 Å². The average Bonchev–Trinajstić information content (AvgIpc) is 2.63. The van der Waals surface area contributed by atoms with E-state index in [2.05, 4.69) is 32.2 Å². The summed E-state index contributed by atoms with van der Waals surface area (Å²) in [6.07, 6.45) is 0. The molecule has 18 heavy (non-hydrogen) atoms. The van der Waals surface area contributed by atoms with Crippen molar-refractivity contribution >= 4 is 11.0 Å². The molecular weight excluding hydrogens is 226 g/mol. The SMILES string of the molecule is COCc1oc2ccccc2c1CNC(C)(C)C. The molecule has 0 aliphatic rings. The monoisotopic (exact) mass is 247 g/mol. The van der Waals surface area contributed by atoms with Crippen molar-refractivity contribution < 1.29 is 9.15 Å². The number of methoxy groups -OCH3 is 1. The molecule has 0 bridgehead atoms. The Morgan fingerprint density at radius 2 is 1.94 bits per heavy atom. The van der Waals surface area contributed by atoms with Crippen LogP contribution in [0.2, 0.25) is 0 Å². The second-order valence-corrected chi connectivity index (χ2v) is 5.54. The first kappa shape index (κ1) is 13.1. The van der Waals surface area contributed by atoms with Gasteiger partial charge in [-0.2, -0.15) is 0 Å². The Morgan fingerprint density at radius 3 is 2.61 bits per heavy atom. The number of fused-ring (bicyclic) bond motifs is 1. The molecular formula is C15H21NO2. The van der Waals surface area contributed by atoms with E-state index in [4.69, 9.17) is 9.15 Å². The highest BCUT2D eigenvalue weighted by atomic mass is 16.5. The molecule has 1 aromatic heterocycles. The average molecular weight is 247 g/mol. The molecule has 3 nitrogen and oxygen atoms in total. The van der Waals surface area contributed by atoms with Crippen molar-refractivity contribution in [1.29, 1.82) is 0 Å². The van der Waals surface area contributed by atoms with Gasteiger partial charge in [0.05, 0.1) is 0 Å². The molecule has 1 aromatic carbocycles. The molecule has 1 N–H and O–H groups in total. The standard InChI is InChI=1S/C15H21NO2/c1-15(2,3)16-9-12-11-7-5-6-8-13(11)18-14(12)10-17-4/h5-8,16H,9-10H2,1-4H3. The third-order valence-electron chi connectivity index (χ3n) is 2.85. The predicted molar refractivity (Wildman–Crippen MR) is 73.5 cm³/mol. The third-order valence-corrected chi connectivity index (χ3v) is 2.85. The van der Waals surface area contributed by atoms with Crippen LogP contribution in [0.15, 0.2) is 28.7 Å². The van der Waals surface area contributed by atoms with Gasteiger partial charge < -0.3 is 14.5 Å². The fourth-order valence-electron chi connectivity index (χ4n) is 1.94. The Balaban J connectivity index is 2.35. The highest BCUT2D eigenvalue weighted by molar-refractivity contribution is 5.82. The van der Waals surface area contributed by atoms with E-state index in [1.54, 1.807) is 7.11 Å². The van der Waals surface area contributed by atoms with Gasteiger partial charge >= 0.3 is 0 Å². The smallest absolute Gasteiger partial charge is 0.135 e. The minimum atomic E-state index is 0.0860. The first-order valence-electron chi connectivity index (χ1n) is 6.24. The predicted octanol–water partition coefficient (Wildman–Crippen LogP) is 3.47. The number of benzene rings is 1. The maximum absolute atomic E-state index is 5.84. The molecule has 0 radical (unpaired) electrons. The molecule has 0 saturated carbocycles. The summed E-state index contributed by atoms with van der Waals surface area (Å²) in [6, 6.07) is 8.12. The van der Waals surface area contributed by atoms with E-state index in [9.17, 15) is 0 Å². The van der Waals surface area contributed by atoms with Crippen LogP contribution in [0.5, 0.6) is 0 Å². The van der Waals surface area contributed by atoms with Crippen LogP contribution >= 0.6 is 0 Å². The molecule has 0 amide bonds. The second kappa shape index (κ2) is 5.12. The van der Waals surface area contributed by atoms with Crippen LogP contribution in [-0.2, 0) is 17.9 Å². The Kier molecular flexibility index (Phi) is 3.73. The fraction of sp³-hybridized carbons (Fsp3) is 0.467. The molecule has 0 atom stereocenters. The van der Waals surface area contributed by atoms with Crippen LogP contribution < -0.4 is 5.32 Å². The first-order valence-corrected chi connectivity index (χ1v) is 6.24. The summed E-state index contributed by atoms with van der Waals surface area (Å²) in [5, 5.41) is 4.67. The van der Waals surface area contributed by atoms with Gasteiger partial charge in [0.2, 0.25) is 0 Å². The summed E-state index contributed by atoms with van der Waals surface area (Å²) >= 11 is 0. The lowest BCUT2D eigenvalue weighted by Crippen LogP contribution is -2.35. The summed E-state index contributed by atoms with van der Waals surface area (Å²) in [5.74, 6) is 0.912. The summed E-state index contributed by atoms with van der Waals surface area (Å²) in [4.78, 5) is 0. The number of rotatable bonds is 4. The molecule has 2 aromatic rings. The van der Waals surface area contributed by atoms with Gasteiger partial charge in [-0.1, -0.05) is 18.2 Å². The summed E-state index contributed by atoms with van der Waals surface area (Å²) in [6.45, 7) is 7.77. The van der Waals surface area contributed by atoms with Gasteiger partial charge in [-0.25, -0.2) is 0 Å². The van der Waals surface area contributed by atoms with Crippen LogP contribution in [0.25, 0.3) is 11.0 Å². The van der Waals surface area contributed by atoms with Gasteiger partial charge in [0.15, 0.2) is 0 Å². The molecule has 0 saturated heterocycles. The Bertz CT molecular complexity index is 523. The van der Waals surface area contributed by atoms with Gasteiger partial charge in [-0.3, -0.25) is 0 Å². The molecule has 0 aliphatic carbocycles. The van der Waals surface area contributed by atoms with Crippen LogP contribution in [0.1, 0.15) is 32.1 Å². The van der Waals surface area contributed by atoms with Gasteiger partial charge in [0.1, 0.15) is 18.0 Å². The van der Waals surface area contributed by atoms with Crippen molar-refractivity contribution in [1.82, 2.24) is 5.32 Å². The minimum Gasteiger partial charge on any atom is -0.458 e. The Labute approximate surface area is 108 Å². The number of hydrogen-bond donors (Lipinski definition) is 1. The lowest BCUT2D eigenvalue weighted by molar-refractivity contribution is 0.164. The van der Waals surface area contributed by atoms with Gasteiger partial charge in [0, 0.05) is 30.1 Å². The zero-order chi connectivity index (χ0) is 13.2. The van der Waals surface area contributed by atoms with Crippen molar-refractivity contribution in [3.8, 4) is 0 Å². The molecule has 0 aliphatic heterocycles. The van der Waals surface area contributed by atoms with Gasteiger partial charge in [0.25, 0.3) is 0 Å². The molecule has 0 spiro atoms. The number of hydrogen-bond acceptors (Lipinski definition) is 3. The molecule has 0 unspecified atom stereocenters. The second-order valence-electron chi connectivity index (χ2n) is 5.54. The van der Waals surface area contributed by atoms with E-state index in [1.165, 1.54) is 10.9 Å². The Morgan fingerprint density at radius 1 is 1.22 bits per heavy atom. The zero-order valence-electron chi connectivity index (χ0n) is 11.5. The van der Waals surface area contributed by atoms with E-state index in [0.29, 0.717) is 6.61 Å². The maximum Gasteiger partial charge on any atom is 0.135 e. The summed E-state index contributed by atoms with van der Waals surface area (Å²) < 4.78 is 11.0. The topological polar surface area (TPSA) is 34.4 Å². The molecule has 3 heteroatoms. The fourth-order valence-corrected chi connectivity index (χ4v) is 1.94. The van der Waals surface area contributed by atoms with Crippen LogP contribution in [0.3, 0.4) is 0 Å². The third kappa shape index (κ3) is 2.92. The first-order chi connectivity index (χ1) is 8.51. The quantitative estimate of drug-likeness (QED) is 0.898. The molecule has 98 valence electrons. The van der Waals surface area contributed by atoms with E-state index < -0.39 is 0 Å². The van der Waals surface area contributed by atoms with Crippen LogP contribution in [0.4, 0.5) is 0 Å². The van der Waals surface area contributed by atoms with E-state index >= 15 is 0 Å². The molecule has 1 heterocycles. The number of ether oxygens (including phenoxy) is 1. The minimum absolute atomic E-state index is 0.0860. The van der Waals surface area contributed by atoms with Crippen molar-refractivity contribution in [3.63, 3.8) is 0 Å². The molecule has 2 rings (SSSR count). The maximum atomic E-state index is 5.84. The zero-order valence-corrected chi connectivity index (χ0v) is 11.5. The van der Waals surface area contributed by atoms with E-state index in [0.717, 1.165) is 17.9 Å². The summed E-state index contributed by atoms with van der Waals surface area (Å²) in [5.41, 5.74) is 2.21.